The van der Waals surface area contributed by atoms with Crippen LogP contribution in [0, 0.1) is 6.92 Å². The van der Waals surface area contributed by atoms with Crippen LogP contribution in [0.2, 0.25) is 0 Å². The number of carbonyl (C=O) groups is 2. The average molecular weight is 288 g/mol. The van der Waals surface area contributed by atoms with Gasteiger partial charge in [-0.15, -0.1) is 0 Å². The maximum atomic E-state index is 12.0. The second-order valence-corrected chi connectivity index (χ2v) is 4.38. The summed E-state index contributed by atoms with van der Waals surface area (Å²) in [6.45, 7) is 1.93. The van der Waals surface area contributed by atoms with Gasteiger partial charge in [0.15, 0.2) is 6.39 Å². The Bertz CT molecular complexity index is 668. The molecular formula is C13H13BN2O5. The summed E-state index contributed by atoms with van der Waals surface area (Å²) in [7, 11) is -1.76. The lowest BCUT2D eigenvalue weighted by Gasteiger charge is -2.07. The predicted octanol–water partition coefficient (Wildman–Crippen LogP) is -0.595. The standard InChI is InChI=1S/C13H13BN2O5/c1-8-12(21-7-16-8)5-15-13(18)9-2-3-11(14(19)20)10(4-9)6-17/h2-4,6-7,19-20H,5H2,1H3,(H,15,18). The Morgan fingerprint density at radius 3 is 2.81 bits per heavy atom. The van der Waals surface area contributed by atoms with E-state index in [4.69, 9.17) is 14.5 Å². The molecule has 0 aliphatic heterocycles. The Hall–Kier alpha value is -2.45. The molecule has 2 aromatic rings. The number of oxazole rings is 1. The highest BCUT2D eigenvalue weighted by molar-refractivity contribution is 6.60. The summed E-state index contributed by atoms with van der Waals surface area (Å²) in [6.07, 6.45) is 1.75. The van der Waals surface area contributed by atoms with Gasteiger partial charge in [-0.1, -0.05) is 6.07 Å². The number of hydrogen-bond donors (Lipinski definition) is 3. The number of aromatic nitrogens is 1. The highest BCUT2D eigenvalue weighted by atomic mass is 16.4. The van der Waals surface area contributed by atoms with E-state index in [2.05, 4.69) is 10.3 Å². The summed E-state index contributed by atoms with van der Waals surface area (Å²) in [6, 6.07) is 4.03. The third-order valence-electron chi connectivity index (χ3n) is 3.01. The van der Waals surface area contributed by atoms with Crippen LogP contribution in [0.1, 0.15) is 32.2 Å². The molecule has 21 heavy (non-hydrogen) atoms. The van der Waals surface area contributed by atoms with Crippen molar-refractivity contribution in [3.63, 3.8) is 0 Å². The molecule has 1 amide bonds. The molecule has 1 heterocycles. The molecule has 3 N–H and O–H groups in total. The summed E-state index contributed by atoms with van der Waals surface area (Å²) < 4.78 is 5.10. The van der Waals surface area contributed by atoms with E-state index in [0.29, 0.717) is 17.7 Å². The Balaban J connectivity index is 2.12. The number of aryl methyl sites for hydroxylation is 1. The van der Waals surface area contributed by atoms with E-state index in [1.54, 1.807) is 6.92 Å². The van der Waals surface area contributed by atoms with E-state index < -0.39 is 13.0 Å². The van der Waals surface area contributed by atoms with Crippen molar-refractivity contribution < 1.29 is 24.1 Å². The molecule has 1 aromatic carbocycles. The van der Waals surface area contributed by atoms with E-state index in [1.165, 1.54) is 24.6 Å². The minimum Gasteiger partial charge on any atom is -0.446 e. The van der Waals surface area contributed by atoms with Gasteiger partial charge in [-0.25, -0.2) is 4.98 Å². The highest BCUT2D eigenvalue weighted by Crippen LogP contribution is 2.06. The zero-order valence-electron chi connectivity index (χ0n) is 11.2. The number of benzene rings is 1. The highest BCUT2D eigenvalue weighted by Gasteiger charge is 2.18. The van der Waals surface area contributed by atoms with Crippen LogP contribution in [0.4, 0.5) is 0 Å². The molecule has 0 saturated carbocycles. The third kappa shape index (κ3) is 3.36. The van der Waals surface area contributed by atoms with Gasteiger partial charge in [0.2, 0.25) is 0 Å². The first kappa shape index (κ1) is 15.0. The zero-order chi connectivity index (χ0) is 15.4. The van der Waals surface area contributed by atoms with Gasteiger partial charge < -0.3 is 19.8 Å². The molecule has 8 heteroatoms. The molecule has 1 aromatic heterocycles. The first-order valence-corrected chi connectivity index (χ1v) is 6.15. The van der Waals surface area contributed by atoms with E-state index >= 15 is 0 Å². The van der Waals surface area contributed by atoms with Crippen LogP contribution >= 0.6 is 0 Å². The lowest BCUT2D eigenvalue weighted by Crippen LogP contribution is -2.33. The molecule has 108 valence electrons. The SMILES string of the molecule is Cc1ncoc1CNC(=O)c1ccc(B(O)O)c(C=O)c1. The summed E-state index contributed by atoms with van der Waals surface area (Å²) in [4.78, 5) is 26.8. The van der Waals surface area contributed by atoms with Crippen molar-refractivity contribution in [1.82, 2.24) is 10.3 Å². The van der Waals surface area contributed by atoms with Crippen molar-refractivity contribution in [2.45, 2.75) is 13.5 Å². The van der Waals surface area contributed by atoms with Gasteiger partial charge in [-0.2, -0.15) is 0 Å². The van der Waals surface area contributed by atoms with Gasteiger partial charge in [0.1, 0.15) is 12.0 Å². The summed E-state index contributed by atoms with van der Waals surface area (Å²) in [5.41, 5.74) is 1.02. The van der Waals surface area contributed by atoms with Crippen LogP contribution in [0.15, 0.2) is 29.0 Å². The lowest BCUT2D eigenvalue weighted by molar-refractivity contribution is 0.0948. The topological polar surface area (TPSA) is 113 Å². The summed E-state index contributed by atoms with van der Waals surface area (Å²) in [5, 5.41) is 20.8. The fourth-order valence-electron chi connectivity index (χ4n) is 1.81. The smallest absolute Gasteiger partial charge is 0.446 e. The Kier molecular flexibility index (Phi) is 4.51. The van der Waals surface area contributed by atoms with Crippen LogP contribution in [0.5, 0.6) is 0 Å². The molecule has 0 radical (unpaired) electrons. The second kappa shape index (κ2) is 6.34. The van der Waals surface area contributed by atoms with Crippen LogP contribution in [0.3, 0.4) is 0 Å². The number of amides is 1. The minimum absolute atomic E-state index is 0.0487. The predicted molar refractivity (Wildman–Crippen MR) is 74.1 cm³/mol. The third-order valence-corrected chi connectivity index (χ3v) is 3.01. The number of nitrogens with one attached hydrogen (secondary N) is 1. The van der Waals surface area contributed by atoms with Crippen molar-refractivity contribution in [2.24, 2.45) is 0 Å². The van der Waals surface area contributed by atoms with Gasteiger partial charge in [0, 0.05) is 11.1 Å². The molecule has 0 saturated heterocycles. The fourth-order valence-corrected chi connectivity index (χ4v) is 1.81. The Morgan fingerprint density at radius 1 is 1.48 bits per heavy atom. The molecule has 7 nitrogen and oxygen atoms in total. The molecule has 0 fully saturated rings. The van der Waals surface area contributed by atoms with Crippen molar-refractivity contribution in [3.05, 3.63) is 47.2 Å². The Labute approximate surface area is 120 Å². The molecule has 2 rings (SSSR count). The van der Waals surface area contributed by atoms with Crippen molar-refractivity contribution >= 4 is 24.8 Å². The zero-order valence-corrected chi connectivity index (χ0v) is 11.2. The van der Waals surface area contributed by atoms with E-state index in [-0.39, 0.29) is 23.1 Å². The maximum absolute atomic E-state index is 12.0. The molecule has 0 atom stereocenters. The molecule has 0 unspecified atom stereocenters. The second-order valence-electron chi connectivity index (χ2n) is 4.38. The van der Waals surface area contributed by atoms with Crippen molar-refractivity contribution in [3.8, 4) is 0 Å². The quantitative estimate of drug-likeness (QED) is 0.500. The van der Waals surface area contributed by atoms with Gasteiger partial charge in [-0.3, -0.25) is 9.59 Å². The average Bonchev–Trinajstić information content (AvgIpc) is 2.89. The normalized spacial score (nSPS) is 10.2. The minimum atomic E-state index is -1.76. The first-order valence-electron chi connectivity index (χ1n) is 6.15. The van der Waals surface area contributed by atoms with Crippen LogP contribution < -0.4 is 10.8 Å². The number of nitrogens with zero attached hydrogens (tertiary/aromatic N) is 1. The van der Waals surface area contributed by atoms with Crippen molar-refractivity contribution in [2.75, 3.05) is 0 Å². The van der Waals surface area contributed by atoms with Gasteiger partial charge in [0.05, 0.1) is 12.2 Å². The number of hydrogen-bond acceptors (Lipinski definition) is 6. The molecule has 0 spiro atoms. The Morgan fingerprint density at radius 2 is 2.24 bits per heavy atom. The first-order chi connectivity index (χ1) is 10.0. The van der Waals surface area contributed by atoms with Gasteiger partial charge in [-0.05, 0) is 24.5 Å². The van der Waals surface area contributed by atoms with E-state index in [9.17, 15) is 9.59 Å². The lowest BCUT2D eigenvalue weighted by atomic mass is 9.77. The fraction of sp³-hybridized carbons (Fsp3) is 0.154. The molecule has 0 aliphatic carbocycles. The number of carbonyl (C=O) groups excluding carboxylic acids is 2. The number of aldehydes is 1. The number of rotatable bonds is 5. The van der Waals surface area contributed by atoms with E-state index in [0.717, 1.165) is 0 Å². The van der Waals surface area contributed by atoms with Gasteiger partial charge >= 0.3 is 7.12 Å². The van der Waals surface area contributed by atoms with Crippen LogP contribution in [-0.4, -0.2) is 34.3 Å². The summed E-state index contributed by atoms with van der Waals surface area (Å²) in [5.74, 6) is 0.134. The molecule has 0 bridgehead atoms. The monoisotopic (exact) mass is 288 g/mol. The molecule has 0 aliphatic rings. The molecular weight excluding hydrogens is 275 g/mol. The van der Waals surface area contributed by atoms with Gasteiger partial charge in [0.25, 0.3) is 5.91 Å². The van der Waals surface area contributed by atoms with Crippen molar-refractivity contribution in [1.29, 1.82) is 0 Å². The largest absolute Gasteiger partial charge is 0.489 e. The van der Waals surface area contributed by atoms with Crippen LogP contribution in [0.25, 0.3) is 0 Å². The summed E-state index contributed by atoms with van der Waals surface area (Å²) >= 11 is 0. The van der Waals surface area contributed by atoms with E-state index in [1.807, 2.05) is 0 Å². The van der Waals surface area contributed by atoms with Crippen LogP contribution in [-0.2, 0) is 6.54 Å². The maximum Gasteiger partial charge on any atom is 0.489 e.